The van der Waals surface area contributed by atoms with Gasteiger partial charge in [0.1, 0.15) is 9.88 Å². The number of carbonyl (C=O) groups excluding carboxylic acids is 2. The van der Waals surface area contributed by atoms with E-state index in [4.69, 9.17) is 23.2 Å². The summed E-state index contributed by atoms with van der Waals surface area (Å²) in [6.45, 7) is 1.77. The summed E-state index contributed by atoms with van der Waals surface area (Å²) in [4.78, 5) is 34.8. The van der Waals surface area contributed by atoms with E-state index in [1.165, 1.54) is 17.4 Å². The lowest BCUT2D eigenvalue weighted by Crippen LogP contribution is -2.18. The molecular formula is C23H16Cl2N4O2S. The Balaban J connectivity index is 1.58. The average Bonchev–Trinajstić information content (AvgIpc) is 3.19. The molecular weight excluding hydrogens is 467 g/mol. The summed E-state index contributed by atoms with van der Waals surface area (Å²) in [5.74, 6) is -0.771. The molecule has 6 nitrogen and oxygen atoms in total. The molecule has 0 aliphatic rings. The lowest BCUT2D eigenvalue weighted by atomic mass is 10.1. The van der Waals surface area contributed by atoms with Gasteiger partial charge in [0.15, 0.2) is 0 Å². The second-order valence-corrected chi connectivity index (χ2v) is 8.65. The molecule has 0 fully saturated rings. The predicted octanol–water partition coefficient (Wildman–Crippen LogP) is 6.32. The molecule has 0 radical (unpaired) electrons. The number of anilines is 2. The first-order valence-corrected chi connectivity index (χ1v) is 11.0. The molecule has 0 atom stereocenters. The Morgan fingerprint density at radius 1 is 0.875 bits per heavy atom. The maximum absolute atomic E-state index is 13.0. The highest BCUT2D eigenvalue weighted by molar-refractivity contribution is 7.17. The molecule has 2 N–H and O–H groups in total. The van der Waals surface area contributed by atoms with E-state index in [1.807, 2.05) is 12.1 Å². The smallest absolute Gasteiger partial charge is 0.267 e. The van der Waals surface area contributed by atoms with Gasteiger partial charge in [-0.3, -0.25) is 14.6 Å². The van der Waals surface area contributed by atoms with Crippen LogP contribution in [-0.2, 0) is 0 Å². The van der Waals surface area contributed by atoms with Crippen LogP contribution in [0.3, 0.4) is 0 Å². The van der Waals surface area contributed by atoms with Gasteiger partial charge in [0.05, 0.1) is 16.9 Å². The molecule has 0 saturated heterocycles. The van der Waals surface area contributed by atoms with Crippen molar-refractivity contribution in [3.05, 3.63) is 93.2 Å². The molecule has 32 heavy (non-hydrogen) atoms. The van der Waals surface area contributed by atoms with Crippen LogP contribution in [0.25, 0.3) is 10.6 Å². The molecule has 2 aromatic heterocycles. The average molecular weight is 483 g/mol. The monoisotopic (exact) mass is 482 g/mol. The number of nitrogens with one attached hydrogen (secondary N) is 2. The van der Waals surface area contributed by atoms with Crippen molar-refractivity contribution >= 4 is 57.7 Å². The number of aromatic nitrogens is 2. The number of hydrogen-bond acceptors (Lipinski definition) is 5. The van der Waals surface area contributed by atoms with Gasteiger partial charge in [0.25, 0.3) is 11.8 Å². The molecule has 0 bridgehead atoms. The number of benzene rings is 2. The van der Waals surface area contributed by atoms with Crippen LogP contribution in [-0.4, -0.2) is 21.8 Å². The first-order chi connectivity index (χ1) is 15.4. The Kier molecular flexibility index (Phi) is 6.50. The van der Waals surface area contributed by atoms with Crippen molar-refractivity contribution in [2.75, 3.05) is 10.6 Å². The Hall–Kier alpha value is -3.26. The van der Waals surface area contributed by atoms with Crippen molar-refractivity contribution in [1.82, 2.24) is 9.97 Å². The van der Waals surface area contributed by atoms with Crippen molar-refractivity contribution < 1.29 is 9.59 Å². The third-order valence-corrected chi connectivity index (χ3v) is 6.20. The van der Waals surface area contributed by atoms with Crippen LogP contribution in [0.4, 0.5) is 11.4 Å². The van der Waals surface area contributed by atoms with Crippen LogP contribution in [0.2, 0.25) is 10.0 Å². The Bertz CT molecular complexity index is 1290. The lowest BCUT2D eigenvalue weighted by Gasteiger charge is -2.12. The Morgan fingerprint density at radius 2 is 1.56 bits per heavy atom. The number of carbonyl (C=O) groups is 2. The minimum Gasteiger partial charge on any atom is -0.322 e. The summed E-state index contributed by atoms with van der Waals surface area (Å²) < 4.78 is 0. The third kappa shape index (κ3) is 4.96. The SMILES string of the molecule is Cc1nc(-c2ccncc2)sc1C(=O)Nc1ccc(Cl)cc1C(=O)Nc1ccc(Cl)cc1. The molecule has 4 rings (SSSR count). The summed E-state index contributed by atoms with van der Waals surface area (Å²) in [6, 6.07) is 15.1. The molecule has 2 aromatic carbocycles. The second-order valence-electron chi connectivity index (χ2n) is 6.77. The van der Waals surface area contributed by atoms with Gasteiger partial charge < -0.3 is 10.6 Å². The fourth-order valence-electron chi connectivity index (χ4n) is 2.95. The molecule has 0 aliphatic carbocycles. The van der Waals surface area contributed by atoms with Crippen LogP contribution < -0.4 is 10.6 Å². The highest BCUT2D eigenvalue weighted by Gasteiger charge is 2.20. The number of nitrogens with zero attached hydrogens (tertiary/aromatic N) is 2. The van der Waals surface area contributed by atoms with Crippen molar-refractivity contribution in [3.8, 4) is 10.6 Å². The van der Waals surface area contributed by atoms with Crippen LogP contribution in [0.1, 0.15) is 25.7 Å². The van der Waals surface area contributed by atoms with Crippen molar-refractivity contribution in [2.45, 2.75) is 6.92 Å². The van der Waals surface area contributed by atoms with Gasteiger partial charge in [-0.05, 0) is 61.5 Å². The molecule has 160 valence electrons. The standard InChI is InChI=1S/C23H16Cl2N4O2S/c1-13-20(32-23(27-13)14-8-10-26-11-9-14)22(31)29-19-7-4-16(25)12-18(19)21(30)28-17-5-2-15(24)3-6-17/h2-12H,1H3,(H,28,30)(H,29,31). The van der Waals surface area contributed by atoms with E-state index in [1.54, 1.807) is 55.7 Å². The van der Waals surface area contributed by atoms with Gasteiger partial charge in [-0.2, -0.15) is 0 Å². The van der Waals surface area contributed by atoms with Gasteiger partial charge in [-0.15, -0.1) is 11.3 Å². The maximum Gasteiger partial charge on any atom is 0.267 e. The number of pyridine rings is 1. The summed E-state index contributed by atoms with van der Waals surface area (Å²) in [5, 5.41) is 7.24. The van der Waals surface area contributed by atoms with Crippen molar-refractivity contribution in [1.29, 1.82) is 0 Å². The molecule has 9 heteroatoms. The number of hydrogen-bond donors (Lipinski definition) is 2. The minimum atomic E-state index is -0.413. The van der Waals surface area contributed by atoms with Crippen molar-refractivity contribution in [3.63, 3.8) is 0 Å². The Labute approximate surface area is 198 Å². The molecule has 0 saturated carbocycles. The zero-order valence-corrected chi connectivity index (χ0v) is 19.1. The van der Waals surface area contributed by atoms with Gasteiger partial charge in [0, 0.05) is 33.7 Å². The Morgan fingerprint density at radius 3 is 2.28 bits per heavy atom. The minimum absolute atomic E-state index is 0.234. The van der Waals surface area contributed by atoms with Crippen LogP contribution in [0.5, 0.6) is 0 Å². The van der Waals surface area contributed by atoms with Gasteiger partial charge in [0.2, 0.25) is 0 Å². The van der Waals surface area contributed by atoms with E-state index < -0.39 is 5.91 Å². The van der Waals surface area contributed by atoms with E-state index in [9.17, 15) is 9.59 Å². The molecule has 2 amide bonds. The highest BCUT2D eigenvalue weighted by atomic mass is 35.5. The van der Waals surface area contributed by atoms with E-state index in [2.05, 4.69) is 20.6 Å². The quantitative estimate of drug-likeness (QED) is 0.348. The molecule has 0 spiro atoms. The van der Waals surface area contributed by atoms with E-state index in [0.29, 0.717) is 37.0 Å². The number of amides is 2. The van der Waals surface area contributed by atoms with Crippen LogP contribution in [0.15, 0.2) is 67.0 Å². The summed E-state index contributed by atoms with van der Waals surface area (Å²) in [5.41, 5.74) is 2.61. The van der Waals surface area contributed by atoms with Crippen LogP contribution in [0, 0.1) is 6.92 Å². The van der Waals surface area contributed by atoms with Crippen molar-refractivity contribution in [2.24, 2.45) is 0 Å². The topological polar surface area (TPSA) is 84.0 Å². The molecule has 4 aromatic rings. The fourth-order valence-corrected chi connectivity index (χ4v) is 4.21. The molecule has 0 unspecified atom stereocenters. The second kappa shape index (κ2) is 9.48. The summed E-state index contributed by atoms with van der Waals surface area (Å²) in [6.07, 6.45) is 3.34. The third-order valence-electron chi connectivity index (χ3n) is 4.51. The zero-order valence-electron chi connectivity index (χ0n) is 16.7. The number of aryl methyl sites for hydroxylation is 1. The highest BCUT2D eigenvalue weighted by Crippen LogP contribution is 2.29. The summed E-state index contributed by atoms with van der Waals surface area (Å²) in [7, 11) is 0. The van der Waals surface area contributed by atoms with Crippen LogP contribution >= 0.6 is 34.5 Å². The van der Waals surface area contributed by atoms with Gasteiger partial charge in [-0.25, -0.2) is 4.98 Å². The van der Waals surface area contributed by atoms with E-state index >= 15 is 0 Å². The fraction of sp³-hybridized carbons (Fsp3) is 0.0435. The zero-order chi connectivity index (χ0) is 22.7. The van der Waals surface area contributed by atoms with E-state index in [0.717, 1.165) is 5.56 Å². The largest absolute Gasteiger partial charge is 0.322 e. The lowest BCUT2D eigenvalue weighted by molar-refractivity contribution is 0.102. The van der Waals surface area contributed by atoms with E-state index in [-0.39, 0.29) is 11.5 Å². The molecule has 0 aliphatic heterocycles. The van der Waals surface area contributed by atoms with Gasteiger partial charge >= 0.3 is 0 Å². The van der Waals surface area contributed by atoms with Gasteiger partial charge in [-0.1, -0.05) is 23.2 Å². The maximum atomic E-state index is 13.0. The first kappa shape index (κ1) is 22.0. The summed E-state index contributed by atoms with van der Waals surface area (Å²) >= 11 is 13.3. The number of halogens is 2. The number of thiazole rings is 1. The predicted molar refractivity (Wildman–Crippen MR) is 129 cm³/mol. The molecule has 2 heterocycles. The number of rotatable bonds is 5. The first-order valence-electron chi connectivity index (χ1n) is 9.46. The normalized spacial score (nSPS) is 10.6.